The summed E-state index contributed by atoms with van der Waals surface area (Å²) in [6, 6.07) is 6.05. The summed E-state index contributed by atoms with van der Waals surface area (Å²) in [6.07, 6.45) is -0.589. The highest BCUT2D eigenvalue weighted by Gasteiger charge is 2.24. The molecule has 1 aliphatic rings. The van der Waals surface area contributed by atoms with Crippen LogP contribution in [0.3, 0.4) is 0 Å². The van der Waals surface area contributed by atoms with Gasteiger partial charge in [-0.25, -0.2) is 4.39 Å². The number of rotatable bonds is 3. The first kappa shape index (κ1) is 12.5. The van der Waals surface area contributed by atoms with Crippen molar-refractivity contribution >= 4 is 0 Å². The van der Waals surface area contributed by atoms with E-state index in [4.69, 9.17) is 4.74 Å². The Morgan fingerprint density at radius 1 is 1.24 bits per heavy atom. The van der Waals surface area contributed by atoms with Crippen molar-refractivity contribution < 1.29 is 14.2 Å². The summed E-state index contributed by atoms with van der Waals surface area (Å²) in [5.74, 6) is -0.278. The molecule has 94 valence electrons. The molecule has 1 aromatic carbocycles. The van der Waals surface area contributed by atoms with Crippen LogP contribution in [-0.4, -0.2) is 42.4 Å². The number of aliphatic hydroxyl groups excluding tert-OH is 1. The minimum absolute atomic E-state index is 0.0179. The Kier molecular flexibility index (Phi) is 4.10. The van der Waals surface area contributed by atoms with Crippen LogP contribution < -0.4 is 0 Å². The lowest BCUT2D eigenvalue weighted by atomic mass is 10.0. The van der Waals surface area contributed by atoms with Gasteiger partial charge >= 0.3 is 0 Å². The molecule has 17 heavy (non-hydrogen) atoms. The molecule has 1 N–H and O–H groups in total. The highest BCUT2D eigenvalue weighted by atomic mass is 19.1. The topological polar surface area (TPSA) is 32.7 Å². The van der Waals surface area contributed by atoms with E-state index in [1.54, 1.807) is 12.1 Å². The van der Waals surface area contributed by atoms with Crippen LogP contribution in [0, 0.1) is 5.82 Å². The van der Waals surface area contributed by atoms with Crippen LogP contribution in [0.1, 0.15) is 18.6 Å². The Morgan fingerprint density at radius 2 is 1.82 bits per heavy atom. The highest BCUT2D eigenvalue weighted by molar-refractivity contribution is 5.19. The first-order valence-corrected chi connectivity index (χ1v) is 5.94. The second kappa shape index (κ2) is 5.58. The number of hydrogen-bond donors (Lipinski definition) is 1. The molecule has 1 fully saturated rings. The van der Waals surface area contributed by atoms with Crippen LogP contribution in [-0.2, 0) is 4.74 Å². The monoisotopic (exact) mass is 239 g/mol. The summed E-state index contributed by atoms with van der Waals surface area (Å²) < 4.78 is 18.1. The number of hydrogen-bond acceptors (Lipinski definition) is 3. The van der Waals surface area contributed by atoms with Crippen LogP contribution in [0.5, 0.6) is 0 Å². The number of ether oxygens (including phenoxy) is 1. The number of halogens is 1. The average Bonchev–Trinajstić information content (AvgIpc) is 2.39. The molecule has 0 aromatic heterocycles. The van der Waals surface area contributed by atoms with Crippen LogP contribution in [0.25, 0.3) is 0 Å². The second-order valence-electron chi connectivity index (χ2n) is 4.39. The molecule has 0 unspecified atom stereocenters. The molecule has 2 atom stereocenters. The molecule has 1 saturated heterocycles. The first-order valence-electron chi connectivity index (χ1n) is 5.94. The number of morpholine rings is 1. The zero-order valence-corrected chi connectivity index (χ0v) is 9.97. The quantitative estimate of drug-likeness (QED) is 0.869. The van der Waals surface area contributed by atoms with Gasteiger partial charge in [-0.05, 0) is 24.6 Å². The van der Waals surface area contributed by atoms with Gasteiger partial charge in [0, 0.05) is 19.1 Å². The van der Waals surface area contributed by atoms with Crippen molar-refractivity contribution in [1.29, 1.82) is 0 Å². The fourth-order valence-corrected chi connectivity index (χ4v) is 2.12. The van der Waals surface area contributed by atoms with Gasteiger partial charge in [0.25, 0.3) is 0 Å². The van der Waals surface area contributed by atoms with E-state index in [-0.39, 0.29) is 11.9 Å². The van der Waals surface area contributed by atoms with Gasteiger partial charge in [-0.1, -0.05) is 12.1 Å². The summed E-state index contributed by atoms with van der Waals surface area (Å²) in [6.45, 7) is 5.07. The van der Waals surface area contributed by atoms with Gasteiger partial charge in [0.05, 0.1) is 19.3 Å². The van der Waals surface area contributed by atoms with Crippen molar-refractivity contribution in [2.75, 3.05) is 26.3 Å². The van der Waals surface area contributed by atoms with E-state index in [0.717, 1.165) is 18.7 Å². The normalized spacial score (nSPS) is 21.1. The Balaban J connectivity index is 2.02. The molecular formula is C13H18FNO2. The van der Waals surface area contributed by atoms with Gasteiger partial charge in [-0.15, -0.1) is 0 Å². The maximum absolute atomic E-state index is 12.8. The van der Waals surface area contributed by atoms with E-state index in [1.165, 1.54) is 12.1 Å². The minimum Gasteiger partial charge on any atom is -0.387 e. The van der Waals surface area contributed by atoms with Crippen molar-refractivity contribution in [2.45, 2.75) is 19.1 Å². The van der Waals surface area contributed by atoms with E-state index in [9.17, 15) is 9.50 Å². The van der Waals surface area contributed by atoms with Crippen molar-refractivity contribution in [2.24, 2.45) is 0 Å². The highest BCUT2D eigenvalue weighted by Crippen LogP contribution is 2.21. The standard InChI is InChI=1S/C13H18FNO2/c1-10(15-6-8-17-9-7-15)13(16)11-2-4-12(14)5-3-11/h2-5,10,13,16H,6-9H2,1H3/t10-,13-/m1/s1. The number of aliphatic hydroxyl groups is 1. The Bertz CT molecular complexity index is 349. The van der Waals surface area contributed by atoms with Crippen LogP contribution >= 0.6 is 0 Å². The predicted molar refractivity (Wildman–Crippen MR) is 63.2 cm³/mol. The Morgan fingerprint density at radius 3 is 2.41 bits per heavy atom. The van der Waals surface area contributed by atoms with Gasteiger partial charge in [0.15, 0.2) is 0 Å². The van der Waals surface area contributed by atoms with Crippen LogP contribution in [0.2, 0.25) is 0 Å². The molecule has 4 heteroatoms. The molecule has 0 radical (unpaired) electrons. The molecule has 0 bridgehead atoms. The lowest BCUT2D eigenvalue weighted by Gasteiger charge is -2.35. The third-order valence-corrected chi connectivity index (χ3v) is 3.29. The van der Waals surface area contributed by atoms with Crippen LogP contribution in [0.4, 0.5) is 4.39 Å². The number of benzene rings is 1. The number of nitrogens with zero attached hydrogens (tertiary/aromatic N) is 1. The fraction of sp³-hybridized carbons (Fsp3) is 0.538. The summed E-state index contributed by atoms with van der Waals surface area (Å²) in [5.41, 5.74) is 0.755. The van der Waals surface area contributed by atoms with Crippen LogP contribution in [0.15, 0.2) is 24.3 Å². The SMILES string of the molecule is C[C@H]([C@@H](O)c1ccc(F)cc1)N1CCOCC1. The summed E-state index contributed by atoms with van der Waals surface area (Å²) >= 11 is 0. The maximum atomic E-state index is 12.8. The summed E-state index contributed by atoms with van der Waals surface area (Å²) in [7, 11) is 0. The van der Waals surface area contributed by atoms with E-state index in [2.05, 4.69) is 4.90 Å². The van der Waals surface area contributed by atoms with E-state index >= 15 is 0 Å². The van der Waals surface area contributed by atoms with Crippen molar-refractivity contribution in [3.05, 3.63) is 35.6 Å². The second-order valence-corrected chi connectivity index (χ2v) is 4.39. The summed E-state index contributed by atoms with van der Waals surface area (Å²) in [5, 5.41) is 10.2. The van der Waals surface area contributed by atoms with Gasteiger partial charge in [0.1, 0.15) is 5.82 Å². The Labute approximate surface area is 101 Å². The van der Waals surface area contributed by atoms with Gasteiger partial charge in [0.2, 0.25) is 0 Å². The molecule has 0 saturated carbocycles. The van der Waals surface area contributed by atoms with Gasteiger partial charge < -0.3 is 9.84 Å². The molecule has 0 amide bonds. The molecule has 1 aromatic rings. The van der Waals surface area contributed by atoms with Gasteiger partial charge in [-0.3, -0.25) is 4.90 Å². The molecule has 2 rings (SSSR count). The maximum Gasteiger partial charge on any atom is 0.123 e. The Hall–Kier alpha value is -0.970. The van der Waals surface area contributed by atoms with Crippen molar-refractivity contribution in [1.82, 2.24) is 4.90 Å². The molecule has 0 spiro atoms. The molecule has 1 heterocycles. The van der Waals surface area contributed by atoms with E-state index in [1.807, 2.05) is 6.92 Å². The molecule has 3 nitrogen and oxygen atoms in total. The average molecular weight is 239 g/mol. The third-order valence-electron chi connectivity index (χ3n) is 3.29. The minimum atomic E-state index is -0.589. The molecule has 0 aliphatic carbocycles. The molecule has 1 aliphatic heterocycles. The fourth-order valence-electron chi connectivity index (χ4n) is 2.12. The predicted octanol–water partition coefficient (Wildman–Crippen LogP) is 1.58. The van der Waals surface area contributed by atoms with Crippen molar-refractivity contribution in [3.63, 3.8) is 0 Å². The zero-order chi connectivity index (χ0) is 12.3. The van der Waals surface area contributed by atoms with E-state index < -0.39 is 6.10 Å². The van der Waals surface area contributed by atoms with E-state index in [0.29, 0.717) is 13.2 Å². The lowest BCUT2D eigenvalue weighted by molar-refractivity contribution is -0.0166. The zero-order valence-electron chi connectivity index (χ0n) is 9.97. The summed E-state index contributed by atoms with van der Waals surface area (Å²) in [4.78, 5) is 2.19. The largest absolute Gasteiger partial charge is 0.387 e. The van der Waals surface area contributed by atoms with Gasteiger partial charge in [-0.2, -0.15) is 0 Å². The molecular weight excluding hydrogens is 221 g/mol. The lowest BCUT2D eigenvalue weighted by Crippen LogP contribution is -2.44. The van der Waals surface area contributed by atoms with Crippen molar-refractivity contribution in [3.8, 4) is 0 Å². The third kappa shape index (κ3) is 3.03. The first-order chi connectivity index (χ1) is 8.18. The smallest absolute Gasteiger partial charge is 0.123 e.